The van der Waals surface area contributed by atoms with Gasteiger partial charge in [-0.1, -0.05) is 6.92 Å². The van der Waals surface area contributed by atoms with Crippen LogP contribution >= 0.6 is 11.8 Å². The first-order valence-corrected chi connectivity index (χ1v) is 8.02. The molecular weight excluding hydrogens is 290 g/mol. The van der Waals surface area contributed by atoms with Crippen molar-refractivity contribution >= 4 is 23.6 Å². The summed E-state index contributed by atoms with van der Waals surface area (Å²) in [6.45, 7) is 2.15. The average Bonchev–Trinajstić information content (AvgIpc) is 2.95. The number of carboxylic acid groups (broad SMARTS) is 1. The molecule has 2 atom stereocenters. The number of carbonyl (C=O) groups is 2. The van der Waals surface area contributed by atoms with Crippen LogP contribution in [0.1, 0.15) is 47.2 Å². The van der Waals surface area contributed by atoms with Crippen molar-refractivity contribution in [2.24, 2.45) is 0 Å². The summed E-state index contributed by atoms with van der Waals surface area (Å²) in [7, 11) is 1.78. The number of carbonyl (C=O) groups excluding carboxylic acids is 1. The minimum Gasteiger partial charge on any atom is -0.476 e. The highest BCUT2D eigenvalue weighted by atomic mass is 32.2. The van der Waals surface area contributed by atoms with Gasteiger partial charge in [0.15, 0.2) is 5.69 Å². The lowest BCUT2D eigenvalue weighted by atomic mass is 10.2. The molecule has 114 valence electrons. The predicted molar refractivity (Wildman–Crippen MR) is 80.6 cm³/mol. The molecule has 2 unspecified atom stereocenters. The summed E-state index contributed by atoms with van der Waals surface area (Å²) in [6.07, 6.45) is 5.48. The Morgan fingerprint density at radius 1 is 1.33 bits per heavy atom. The number of aromatic nitrogens is 2. The molecule has 0 bridgehead atoms. The standard InChI is InChI=1S/C14H19N3O3S/c1-3-21-10-5-4-9(6-10)17(2)13(18)11-7-16-12(8-15-11)14(19)20/h7-10H,3-6H2,1-2H3,(H,19,20). The Morgan fingerprint density at radius 3 is 2.57 bits per heavy atom. The highest BCUT2D eigenvalue weighted by Gasteiger charge is 2.30. The van der Waals surface area contributed by atoms with Crippen molar-refractivity contribution in [3.63, 3.8) is 0 Å². The van der Waals surface area contributed by atoms with Crippen LogP contribution in [0.3, 0.4) is 0 Å². The van der Waals surface area contributed by atoms with E-state index in [4.69, 9.17) is 5.11 Å². The second kappa shape index (κ2) is 6.89. The zero-order valence-electron chi connectivity index (χ0n) is 12.2. The number of thioether (sulfide) groups is 1. The molecule has 21 heavy (non-hydrogen) atoms. The normalized spacial score (nSPS) is 21.2. The number of rotatable bonds is 5. The Morgan fingerprint density at radius 2 is 2.00 bits per heavy atom. The van der Waals surface area contributed by atoms with Crippen molar-refractivity contribution in [3.8, 4) is 0 Å². The fourth-order valence-corrected chi connectivity index (χ4v) is 3.68. The average molecular weight is 309 g/mol. The molecule has 1 amide bonds. The lowest BCUT2D eigenvalue weighted by Crippen LogP contribution is -2.36. The monoisotopic (exact) mass is 309 g/mol. The van der Waals surface area contributed by atoms with E-state index in [1.165, 1.54) is 6.20 Å². The molecular formula is C14H19N3O3S. The van der Waals surface area contributed by atoms with Gasteiger partial charge in [0.05, 0.1) is 12.4 Å². The predicted octanol–water partition coefficient (Wildman–Crippen LogP) is 1.92. The topological polar surface area (TPSA) is 83.4 Å². The van der Waals surface area contributed by atoms with Crippen LogP contribution in [0, 0.1) is 0 Å². The fourth-order valence-electron chi connectivity index (χ4n) is 2.55. The molecule has 0 saturated heterocycles. The third-order valence-corrected chi connectivity index (χ3v) is 4.95. The molecule has 7 heteroatoms. The number of hydrogen-bond donors (Lipinski definition) is 1. The third-order valence-electron chi connectivity index (χ3n) is 3.72. The first-order chi connectivity index (χ1) is 10.0. The van der Waals surface area contributed by atoms with Crippen molar-refractivity contribution in [1.82, 2.24) is 14.9 Å². The Bertz CT molecular complexity index is 521. The van der Waals surface area contributed by atoms with E-state index in [0.29, 0.717) is 5.25 Å². The lowest BCUT2D eigenvalue weighted by Gasteiger charge is -2.24. The molecule has 1 aliphatic carbocycles. The van der Waals surface area contributed by atoms with E-state index in [-0.39, 0.29) is 23.3 Å². The Labute approximate surface area is 128 Å². The van der Waals surface area contributed by atoms with Gasteiger partial charge in [0, 0.05) is 18.3 Å². The molecule has 1 saturated carbocycles. The van der Waals surface area contributed by atoms with Crippen LogP contribution in [0.25, 0.3) is 0 Å². The summed E-state index contributed by atoms with van der Waals surface area (Å²) < 4.78 is 0. The summed E-state index contributed by atoms with van der Waals surface area (Å²) in [5, 5.41) is 9.40. The van der Waals surface area contributed by atoms with E-state index in [2.05, 4.69) is 16.9 Å². The van der Waals surface area contributed by atoms with E-state index >= 15 is 0 Å². The van der Waals surface area contributed by atoms with Crippen LogP contribution in [0.4, 0.5) is 0 Å². The van der Waals surface area contributed by atoms with Gasteiger partial charge in [-0.05, 0) is 25.0 Å². The minimum atomic E-state index is -1.15. The zero-order valence-corrected chi connectivity index (χ0v) is 13.0. The van der Waals surface area contributed by atoms with Gasteiger partial charge in [0.2, 0.25) is 0 Å². The van der Waals surface area contributed by atoms with Crippen molar-refractivity contribution in [2.75, 3.05) is 12.8 Å². The highest BCUT2D eigenvalue weighted by Crippen LogP contribution is 2.32. The summed E-state index contributed by atoms with van der Waals surface area (Å²) >= 11 is 1.94. The van der Waals surface area contributed by atoms with Crippen molar-refractivity contribution < 1.29 is 14.7 Å². The van der Waals surface area contributed by atoms with E-state index in [1.807, 2.05) is 11.8 Å². The number of hydrogen-bond acceptors (Lipinski definition) is 5. The third kappa shape index (κ3) is 3.72. The number of aromatic carboxylic acids is 1. The van der Waals surface area contributed by atoms with Gasteiger partial charge in [0.1, 0.15) is 5.69 Å². The van der Waals surface area contributed by atoms with Crippen molar-refractivity contribution in [3.05, 3.63) is 23.8 Å². The molecule has 0 aromatic carbocycles. The molecule has 0 aliphatic heterocycles. The first-order valence-electron chi connectivity index (χ1n) is 6.97. The quantitative estimate of drug-likeness (QED) is 0.894. The molecule has 6 nitrogen and oxygen atoms in total. The van der Waals surface area contributed by atoms with Crippen molar-refractivity contribution in [2.45, 2.75) is 37.5 Å². The second-order valence-corrected chi connectivity index (χ2v) is 6.63. The molecule has 2 rings (SSSR count). The van der Waals surface area contributed by atoms with E-state index < -0.39 is 5.97 Å². The minimum absolute atomic E-state index is 0.158. The molecule has 0 radical (unpaired) electrons. The number of amides is 1. The summed E-state index contributed by atoms with van der Waals surface area (Å²) in [5.74, 6) is -0.256. The fraction of sp³-hybridized carbons (Fsp3) is 0.571. The summed E-state index contributed by atoms with van der Waals surface area (Å²) in [5.41, 5.74) is 0.0311. The van der Waals surface area contributed by atoms with Gasteiger partial charge in [-0.15, -0.1) is 0 Å². The first kappa shape index (κ1) is 15.8. The largest absolute Gasteiger partial charge is 0.476 e. The summed E-state index contributed by atoms with van der Waals surface area (Å²) in [6, 6.07) is 0.225. The Kier molecular flexibility index (Phi) is 5.17. The maximum absolute atomic E-state index is 12.3. The second-order valence-electron chi connectivity index (χ2n) is 5.05. The summed E-state index contributed by atoms with van der Waals surface area (Å²) in [4.78, 5) is 32.4. The van der Waals surface area contributed by atoms with Gasteiger partial charge in [-0.2, -0.15) is 11.8 Å². The van der Waals surface area contributed by atoms with Crippen LogP contribution < -0.4 is 0 Å². The molecule has 0 spiro atoms. The molecule has 1 heterocycles. The smallest absolute Gasteiger partial charge is 0.356 e. The van der Waals surface area contributed by atoms with Crippen LogP contribution in [0.5, 0.6) is 0 Å². The molecule has 1 aromatic heterocycles. The van der Waals surface area contributed by atoms with Crippen molar-refractivity contribution in [1.29, 1.82) is 0 Å². The number of carboxylic acids is 1. The molecule has 1 aliphatic rings. The van der Waals surface area contributed by atoms with Gasteiger partial charge in [-0.25, -0.2) is 14.8 Å². The van der Waals surface area contributed by atoms with E-state index in [9.17, 15) is 9.59 Å². The van der Waals surface area contributed by atoms with Crippen LogP contribution in [-0.4, -0.2) is 55.9 Å². The number of nitrogens with zero attached hydrogens (tertiary/aromatic N) is 3. The van der Waals surface area contributed by atoms with Crippen LogP contribution in [0.2, 0.25) is 0 Å². The van der Waals surface area contributed by atoms with Crippen LogP contribution in [0.15, 0.2) is 12.4 Å². The zero-order chi connectivity index (χ0) is 15.4. The molecule has 1 aromatic rings. The van der Waals surface area contributed by atoms with Gasteiger partial charge >= 0.3 is 5.97 Å². The molecule has 1 N–H and O–H groups in total. The van der Waals surface area contributed by atoms with Gasteiger partial charge in [-0.3, -0.25) is 4.79 Å². The van der Waals surface area contributed by atoms with Gasteiger partial charge < -0.3 is 10.0 Å². The Balaban J connectivity index is 2.01. The van der Waals surface area contributed by atoms with E-state index in [0.717, 1.165) is 31.2 Å². The maximum Gasteiger partial charge on any atom is 0.356 e. The van der Waals surface area contributed by atoms with E-state index in [1.54, 1.807) is 11.9 Å². The van der Waals surface area contributed by atoms with Gasteiger partial charge in [0.25, 0.3) is 5.91 Å². The molecule has 1 fully saturated rings. The van der Waals surface area contributed by atoms with Crippen LogP contribution in [-0.2, 0) is 0 Å². The SMILES string of the molecule is CCSC1CCC(N(C)C(=O)c2cnc(C(=O)O)cn2)C1. The lowest BCUT2D eigenvalue weighted by molar-refractivity contribution is 0.0683. The Hall–Kier alpha value is -1.63. The maximum atomic E-state index is 12.3. The highest BCUT2D eigenvalue weighted by molar-refractivity contribution is 7.99.